The van der Waals surface area contributed by atoms with Crippen molar-refractivity contribution in [2.45, 2.75) is 58.4 Å². The normalized spacial score (nSPS) is 12.4. The fourth-order valence-electron chi connectivity index (χ4n) is 2.00. The Bertz CT molecular complexity index is 352. The highest BCUT2D eigenvalue weighted by Crippen LogP contribution is 2.27. The van der Waals surface area contributed by atoms with Gasteiger partial charge in [-0.1, -0.05) is 55.0 Å². The minimum atomic E-state index is 0.525. The Labute approximate surface area is 128 Å². The van der Waals surface area contributed by atoms with Crippen molar-refractivity contribution >= 4 is 37.5 Å². The van der Waals surface area contributed by atoms with Crippen molar-refractivity contribution in [2.75, 3.05) is 5.32 Å². The minimum Gasteiger partial charge on any atom is -0.382 e. The molecule has 0 spiro atoms. The number of halogens is 2. The van der Waals surface area contributed by atoms with E-state index in [1.54, 1.807) is 0 Å². The fraction of sp³-hybridized carbons (Fsp3) is 0.600. The average Bonchev–Trinajstić information content (AvgIpc) is 2.33. The lowest BCUT2D eigenvalue weighted by atomic mass is 10.1. The van der Waals surface area contributed by atoms with Crippen molar-refractivity contribution in [3.63, 3.8) is 0 Å². The summed E-state index contributed by atoms with van der Waals surface area (Å²) in [6.07, 6.45) is 7.99. The number of hydrogen-bond acceptors (Lipinski definition) is 1. The Morgan fingerprint density at radius 1 is 1.11 bits per heavy atom. The van der Waals surface area contributed by atoms with Crippen molar-refractivity contribution in [3.8, 4) is 0 Å². The molecule has 0 aliphatic rings. The number of hydrogen-bond donors (Lipinski definition) is 1. The predicted octanol–water partition coefficient (Wildman–Crippen LogP) is 6.37. The Hall–Kier alpha value is -0.0200. The van der Waals surface area contributed by atoms with Gasteiger partial charge in [-0.05, 0) is 47.5 Å². The SMILES string of the molecule is CCCCCCCC(C)Nc1cc(Br)ccc1Br. The molecule has 1 aromatic rings. The van der Waals surface area contributed by atoms with Gasteiger partial charge in [-0.15, -0.1) is 0 Å². The summed E-state index contributed by atoms with van der Waals surface area (Å²) in [7, 11) is 0. The van der Waals surface area contributed by atoms with Gasteiger partial charge in [0.25, 0.3) is 0 Å². The molecule has 0 bridgehead atoms. The second kappa shape index (κ2) is 8.98. The van der Waals surface area contributed by atoms with Crippen LogP contribution in [0.3, 0.4) is 0 Å². The van der Waals surface area contributed by atoms with Crippen LogP contribution >= 0.6 is 31.9 Å². The molecular formula is C15H23Br2N. The minimum absolute atomic E-state index is 0.525. The monoisotopic (exact) mass is 375 g/mol. The first kappa shape index (κ1) is 16.0. The van der Waals surface area contributed by atoms with E-state index < -0.39 is 0 Å². The van der Waals surface area contributed by atoms with Crippen molar-refractivity contribution in [2.24, 2.45) is 0 Å². The number of unbranched alkanes of at least 4 members (excludes halogenated alkanes) is 4. The molecule has 0 aromatic heterocycles. The summed E-state index contributed by atoms with van der Waals surface area (Å²) in [6.45, 7) is 4.52. The molecule has 1 atom stereocenters. The number of rotatable bonds is 8. The van der Waals surface area contributed by atoms with Crippen LogP contribution in [0.2, 0.25) is 0 Å². The zero-order valence-electron chi connectivity index (χ0n) is 11.3. The van der Waals surface area contributed by atoms with Gasteiger partial charge in [-0.25, -0.2) is 0 Å². The molecule has 1 rings (SSSR count). The molecule has 102 valence electrons. The highest BCUT2D eigenvalue weighted by molar-refractivity contribution is 9.11. The van der Waals surface area contributed by atoms with Crippen LogP contribution in [0.4, 0.5) is 5.69 Å². The average molecular weight is 377 g/mol. The van der Waals surface area contributed by atoms with E-state index in [1.165, 1.54) is 44.2 Å². The van der Waals surface area contributed by atoms with Gasteiger partial charge >= 0.3 is 0 Å². The molecule has 1 unspecified atom stereocenters. The number of nitrogens with one attached hydrogen (secondary N) is 1. The highest BCUT2D eigenvalue weighted by atomic mass is 79.9. The van der Waals surface area contributed by atoms with Gasteiger partial charge in [0.2, 0.25) is 0 Å². The lowest BCUT2D eigenvalue weighted by molar-refractivity contribution is 0.578. The van der Waals surface area contributed by atoms with Gasteiger partial charge < -0.3 is 5.32 Å². The summed E-state index contributed by atoms with van der Waals surface area (Å²) in [6, 6.07) is 6.76. The van der Waals surface area contributed by atoms with Crippen molar-refractivity contribution < 1.29 is 0 Å². The molecular weight excluding hydrogens is 354 g/mol. The van der Waals surface area contributed by atoms with Gasteiger partial charge in [-0.3, -0.25) is 0 Å². The molecule has 0 saturated heterocycles. The van der Waals surface area contributed by atoms with Crippen molar-refractivity contribution in [1.82, 2.24) is 0 Å². The summed E-state index contributed by atoms with van der Waals surface area (Å²) >= 11 is 7.08. The van der Waals surface area contributed by atoms with E-state index in [2.05, 4.69) is 63.2 Å². The molecule has 1 N–H and O–H groups in total. The quantitative estimate of drug-likeness (QED) is 0.519. The third-order valence-electron chi connectivity index (χ3n) is 3.07. The van der Waals surface area contributed by atoms with Crippen LogP contribution in [0.5, 0.6) is 0 Å². The zero-order chi connectivity index (χ0) is 13.4. The summed E-state index contributed by atoms with van der Waals surface area (Å²) in [5, 5.41) is 3.57. The fourth-order valence-corrected chi connectivity index (χ4v) is 2.72. The third-order valence-corrected chi connectivity index (χ3v) is 4.26. The molecule has 1 aromatic carbocycles. The van der Waals surface area contributed by atoms with Crippen LogP contribution in [0.1, 0.15) is 52.4 Å². The molecule has 18 heavy (non-hydrogen) atoms. The van der Waals surface area contributed by atoms with Crippen molar-refractivity contribution in [3.05, 3.63) is 27.1 Å². The summed E-state index contributed by atoms with van der Waals surface area (Å²) in [5.41, 5.74) is 1.17. The summed E-state index contributed by atoms with van der Waals surface area (Å²) in [5.74, 6) is 0. The molecule has 0 radical (unpaired) electrons. The van der Waals surface area contributed by atoms with Crippen LogP contribution in [0.25, 0.3) is 0 Å². The van der Waals surface area contributed by atoms with E-state index in [9.17, 15) is 0 Å². The molecule has 0 fully saturated rings. The number of anilines is 1. The maximum atomic E-state index is 3.58. The Morgan fingerprint density at radius 3 is 2.56 bits per heavy atom. The van der Waals surface area contributed by atoms with Crippen LogP contribution in [0, 0.1) is 0 Å². The largest absolute Gasteiger partial charge is 0.382 e. The standard InChI is InChI=1S/C15H23Br2N/c1-3-4-5-6-7-8-12(2)18-15-11-13(16)9-10-14(15)17/h9-12,18H,3-8H2,1-2H3. The molecule has 1 nitrogen and oxygen atoms in total. The van der Waals surface area contributed by atoms with Crippen LogP contribution in [0.15, 0.2) is 27.1 Å². The van der Waals surface area contributed by atoms with Gasteiger partial charge in [0.1, 0.15) is 0 Å². The molecule has 0 heterocycles. The van der Waals surface area contributed by atoms with Crippen LogP contribution in [-0.4, -0.2) is 6.04 Å². The van der Waals surface area contributed by atoms with Gasteiger partial charge in [0, 0.05) is 20.7 Å². The van der Waals surface area contributed by atoms with Crippen LogP contribution < -0.4 is 5.32 Å². The number of benzene rings is 1. The zero-order valence-corrected chi connectivity index (χ0v) is 14.5. The second-order valence-electron chi connectivity index (χ2n) is 4.87. The van der Waals surface area contributed by atoms with Gasteiger partial charge in [-0.2, -0.15) is 0 Å². The maximum absolute atomic E-state index is 3.58. The Morgan fingerprint density at radius 2 is 1.83 bits per heavy atom. The smallest absolute Gasteiger partial charge is 0.0497 e. The predicted molar refractivity (Wildman–Crippen MR) is 88.3 cm³/mol. The Balaban J connectivity index is 2.30. The third kappa shape index (κ3) is 6.24. The highest BCUT2D eigenvalue weighted by Gasteiger charge is 2.05. The van der Waals surface area contributed by atoms with Crippen LogP contribution in [-0.2, 0) is 0 Å². The summed E-state index contributed by atoms with van der Waals surface area (Å²) in [4.78, 5) is 0. The van der Waals surface area contributed by atoms with Crippen molar-refractivity contribution in [1.29, 1.82) is 0 Å². The second-order valence-corrected chi connectivity index (χ2v) is 6.64. The van der Waals surface area contributed by atoms with E-state index in [1.807, 2.05) is 6.07 Å². The Kier molecular flexibility index (Phi) is 8.00. The first-order valence-corrected chi connectivity index (χ1v) is 8.43. The van der Waals surface area contributed by atoms with E-state index in [0.717, 1.165) is 8.95 Å². The van der Waals surface area contributed by atoms with E-state index in [-0.39, 0.29) is 0 Å². The van der Waals surface area contributed by atoms with E-state index in [4.69, 9.17) is 0 Å². The first-order chi connectivity index (χ1) is 8.63. The molecule has 0 aliphatic carbocycles. The van der Waals surface area contributed by atoms with Gasteiger partial charge in [0.05, 0.1) is 0 Å². The van der Waals surface area contributed by atoms with Gasteiger partial charge in [0.15, 0.2) is 0 Å². The first-order valence-electron chi connectivity index (χ1n) is 6.85. The lowest BCUT2D eigenvalue weighted by Gasteiger charge is -2.16. The van der Waals surface area contributed by atoms with E-state index in [0.29, 0.717) is 6.04 Å². The molecule has 0 saturated carbocycles. The molecule has 3 heteroatoms. The lowest BCUT2D eigenvalue weighted by Crippen LogP contribution is -2.15. The van der Waals surface area contributed by atoms with E-state index >= 15 is 0 Å². The summed E-state index contributed by atoms with van der Waals surface area (Å²) < 4.78 is 2.24. The molecule has 0 amide bonds. The molecule has 0 aliphatic heterocycles. The maximum Gasteiger partial charge on any atom is 0.0497 e. The topological polar surface area (TPSA) is 12.0 Å².